The van der Waals surface area contributed by atoms with Crippen molar-refractivity contribution in [2.24, 2.45) is 0 Å². The van der Waals surface area contributed by atoms with Gasteiger partial charge in [0.05, 0.1) is 30.9 Å². The van der Waals surface area contributed by atoms with Crippen molar-refractivity contribution in [2.75, 3.05) is 19.0 Å². The van der Waals surface area contributed by atoms with Crippen LogP contribution in [0.4, 0.5) is 5.69 Å². The standard InChI is InChI=1S/C21H17N3O4S/c1-27-18-7-5-15(6-8-18)21-24-17(13-29-21)10-20(26)28-12-19(25)23-16-4-2-3-14(9-16)11-22/h2-9,13H,10,12H2,1H3,(H,23,25). The Labute approximate surface area is 171 Å². The Morgan fingerprint density at radius 3 is 2.72 bits per heavy atom. The van der Waals surface area contributed by atoms with E-state index in [1.165, 1.54) is 17.4 Å². The van der Waals surface area contributed by atoms with Crippen LogP contribution >= 0.6 is 11.3 Å². The first-order valence-electron chi connectivity index (χ1n) is 8.62. The number of nitriles is 1. The Balaban J connectivity index is 1.49. The number of rotatable bonds is 7. The third-order valence-electron chi connectivity index (χ3n) is 3.85. The molecule has 8 heteroatoms. The molecule has 7 nitrogen and oxygen atoms in total. The fraction of sp³-hybridized carbons (Fsp3) is 0.143. The first kappa shape index (κ1) is 20.0. The molecule has 29 heavy (non-hydrogen) atoms. The third-order valence-corrected chi connectivity index (χ3v) is 4.79. The van der Waals surface area contributed by atoms with E-state index >= 15 is 0 Å². The van der Waals surface area contributed by atoms with E-state index in [-0.39, 0.29) is 6.42 Å². The summed E-state index contributed by atoms with van der Waals surface area (Å²) in [5.74, 6) is -0.269. The largest absolute Gasteiger partial charge is 0.497 e. The molecule has 0 bridgehead atoms. The summed E-state index contributed by atoms with van der Waals surface area (Å²) in [4.78, 5) is 28.4. The number of esters is 1. The van der Waals surface area contributed by atoms with Crippen LogP contribution in [-0.2, 0) is 20.7 Å². The zero-order valence-electron chi connectivity index (χ0n) is 15.5. The number of benzene rings is 2. The molecular weight excluding hydrogens is 390 g/mol. The van der Waals surface area contributed by atoms with Crippen LogP contribution in [0.2, 0.25) is 0 Å². The fourth-order valence-electron chi connectivity index (χ4n) is 2.46. The van der Waals surface area contributed by atoms with Gasteiger partial charge in [0.15, 0.2) is 6.61 Å². The number of nitrogens with one attached hydrogen (secondary N) is 1. The van der Waals surface area contributed by atoms with Gasteiger partial charge in [0, 0.05) is 16.6 Å². The number of aromatic nitrogens is 1. The van der Waals surface area contributed by atoms with Gasteiger partial charge in [-0.2, -0.15) is 5.26 Å². The third kappa shape index (κ3) is 5.64. The summed E-state index contributed by atoms with van der Waals surface area (Å²) >= 11 is 1.42. The topological polar surface area (TPSA) is 101 Å². The van der Waals surface area contributed by atoms with Crippen molar-refractivity contribution in [1.82, 2.24) is 4.98 Å². The van der Waals surface area contributed by atoms with Gasteiger partial charge in [-0.1, -0.05) is 6.07 Å². The highest BCUT2D eigenvalue weighted by atomic mass is 32.1. The van der Waals surface area contributed by atoms with Crippen molar-refractivity contribution in [1.29, 1.82) is 5.26 Å². The van der Waals surface area contributed by atoms with Crippen LogP contribution in [0.1, 0.15) is 11.3 Å². The van der Waals surface area contributed by atoms with E-state index < -0.39 is 18.5 Å². The maximum atomic E-state index is 12.0. The first-order valence-corrected chi connectivity index (χ1v) is 9.50. The minimum Gasteiger partial charge on any atom is -0.497 e. The summed E-state index contributed by atoms with van der Waals surface area (Å²) in [6.45, 7) is -0.412. The van der Waals surface area contributed by atoms with E-state index in [4.69, 9.17) is 14.7 Å². The van der Waals surface area contributed by atoms with Crippen molar-refractivity contribution in [3.05, 3.63) is 65.2 Å². The van der Waals surface area contributed by atoms with Gasteiger partial charge in [-0.25, -0.2) is 4.98 Å². The molecule has 0 saturated heterocycles. The minimum atomic E-state index is -0.544. The Morgan fingerprint density at radius 2 is 2.00 bits per heavy atom. The number of hydrogen-bond acceptors (Lipinski definition) is 7. The molecule has 1 heterocycles. The van der Waals surface area contributed by atoms with E-state index in [2.05, 4.69) is 10.3 Å². The predicted octanol–water partition coefficient (Wildman–Crippen LogP) is 3.41. The molecule has 146 valence electrons. The van der Waals surface area contributed by atoms with Crippen LogP contribution in [0.3, 0.4) is 0 Å². The number of nitrogens with zero attached hydrogens (tertiary/aromatic N) is 2. The van der Waals surface area contributed by atoms with Crippen molar-refractivity contribution >= 4 is 28.9 Å². The van der Waals surface area contributed by atoms with E-state index in [0.29, 0.717) is 16.9 Å². The molecule has 2 aromatic carbocycles. The number of hydrogen-bond donors (Lipinski definition) is 1. The zero-order chi connectivity index (χ0) is 20.6. The highest BCUT2D eigenvalue weighted by Crippen LogP contribution is 2.25. The number of amides is 1. The molecule has 0 saturated carbocycles. The Bertz CT molecular complexity index is 1050. The van der Waals surface area contributed by atoms with E-state index in [1.807, 2.05) is 30.3 Å². The van der Waals surface area contributed by atoms with Gasteiger partial charge in [-0.3, -0.25) is 9.59 Å². The lowest BCUT2D eigenvalue weighted by Gasteiger charge is -2.06. The highest BCUT2D eigenvalue weighted by molar-refractivity contribution is 7.13. The van der Waals surface area contributed by atoms with E-state index in [1.54, 1.807) is 30.7 Å². The van der Waals surface area contributed by atoms with Crippen LogP contribution in [0, 0.1) is 11.3 Å². The Morgan fingerprint density at radius 1 is 1.21 bits per heavy atom. The predicted molar refractivity (Wildman–Crippen MR) is 109 cm³/mol. The molecule has 3 rings (SSSR count). The average Bonchev–Trinajstić information content (AvgIpc) is 3.21. The lowest BCUT2D eigenvalue weighted by molar-refractivity contribution is -0.146. The number of thiazole rings is 1. The maximum absolute atomic E-state index is 12.0. The van der Waals surface area contributed by atoms with Crippen LogP contribution in [-0.4, -0.2) is 30.6 Å². The molecule has 0 atom stereocenters. The van der Waals surface area contributed by atoms with Crippen LogP contribution in [0.25, 0.3) is 10.6 Å². The van der Waals surface area contributed by atoms with Crippen molar-refractivity contribution in [3.63, 3.8) is 0 Å². The Hall–Kier alpha value is -3.70. The van der Waals surface area contributed by atoms with Gasteiger partial charge in [-0.15, -0.1) is 11.3 Å². The summed E-state index contributed by atoms with van der Waals surface area (Å²) in [6.07, 6.45) is -0.0240. The quantitative estimate of drug-likeness (QED) is 0.602. The molecule has 0 aliphatic carbocycles. The summed E-state index contributed by atoms with van der Waals surface area (Å²) < 4.78 is 10.1. The summed E-state index contributed by atoms with van der Waals surface area (Å²) in [6, 6.07) is 15.9. The molecular formula is C21H17N3O4S. The van der Waals surface area contributed by atoms with Gasteiger partial charge in [-0.05, 0) is 42.5 Å². The molecule has 1 amide bonds. The number of anilines is 1. The normalized spacial score (nSPS) is 10.1. The van der Waals surface area contributed by atoms with E-state index in [0.717, 1.165) is 16.3 Å². The smallest absolute Gasteiger partial charge is 0.312 e. The molecule has 0 radical (unpaired) electrons. The highest BCUT2D eigenvalue weighted by Gasteiger charge is 2.12. The summed E-state index contributed by atoms with van der Waals surface area (Å²) in [5.41, 5.74) is 2.40. The average molecular weight is 407 g/mol. The minimum absolute atomic E-state index is 0.0240. The van der Waals surface area contributed by atoms with Gasteiger partial charge < -0.3 is 14.8 Å². The number of carbonyl (C=O) groups excluding carboxylic acids is 2. The monoisotopic (exact) mass is 407 g/mol. The van der Waals surface area contributed by atoms with Gasteiger partial charge in [0.1, 0.15) is 10.8 Å². The number of ether oxygens (including phenoxy) is 2. The second-order valence-corrected chi connectivity index (χ2v) is 6.81. The Kier molecular flexibility index (Phi) is 6.55. The fourth-order valence-corrected chi connectivity index (χ4v) is 3.29. The van der Waals surface area contributed by atoms with Crippen LogP contribution < -0.4 is 10.1 Å². The first-order chi connectivity index (χ1) is 14.1. The van der Waals surface area contributed by atoms with Gasteiger partial charge in [0.2, 0.25) is 0 Å². The lowest BCUT2D eigenvalue weighted by Crippen LogP contribution is -2.21. The number of carbonyl (C=O) groups is 2. The van der Waals surface area contributed by atoms with Crippen molar-refractivity contribution in [2.45, 2.75) is 6.42 Å². The molecule has 3 aromatic rings. The molecule has 0 spiro atoms. The second kappa shape index (κ2) is 9.48. The summed E-state index contributed by atoms with van der Waals surface area (Å²) in [5, 5.41) is 14.0. The van der Waals surface area contributed by atoms with Gasteiger partial charge in [0.25, 0.3) is 5.91 Å². The van der Waals surface area contributed by atoms with Crippen molar-refractivity contribution in [3.8, 4) is 22.4 Å². The molecule has 0 aliphatic heterocycles. The lowest BCUT2D eigenvalue weighted by atomic mass is 10.2. The molecule has 1 N–H and O–H groups in total. The molecule has 1 aromatic heterocycles. The molecule has 0 aliphatic rings. The van der Waals surface area contributed by atoms with Crippen LogP contribution in [0.5, 0.6) is 5.75 Å². The maximum Gasteiger partial charge on any atom is 0.312 e. The van der Waals surface area contributed by atoms with E-state index in [9.17, 15) is 9.59 Å². The summed E-state index contributed by atoms with van der Waals surface area (Å²) in [7, 11) is 1.60. The number of methoxy groups -OCH3 is 1. The van der Waals surface area contributed by atoms with Crippen LogP contribution in [0.15, 0.2) is 53.9 Å². The van der Waals surface area contributed by atoms with Crippen molar-refractivity contribution < 1.29 is 19.1 Å². The second-order valence-electron chi connectivity index (χ2n) is 5.95. The van der Waals surface area contributed by atoms with Gasteiger partial charge >= 0.3 is 5.97 Å². The molecule has 0 fully saturated rings. The SMILES string of the molecule is COc1ccc(-c2nc(CC(=O)OCC(=O)Nc3cccc(C#N)c3)cs2)cc1. The molecule has 0 unspecified atom stereocenters. The zero-order valence-corrected chi connectivity index (χ0v) is 16.4.